The molecule has 0 aliphatic carbocycles. The van der Waals surface area contributed by atoms with Gasteiger partial charge in [0.2, 0.25) is 0 Å². The average molecular weight is 182 g/mol. The summed E-state index contributed by atoms with van der Waals surface area (Å²) < 4.78 is 4.89. The van der Waals surface area contributed by atoms with Gasteiger partial charge in [0.15, 0.2) is 0 Å². The van der Waals surface area contributed by atoms with Crippen LogP contribution in [0.1, 0.15) is 0 Å². The van der Waals surface area contributed by atoms with Gasteiger partial charge in [-0.2, -0.15) is 0 Å². The Labute approximate surface area is 77.5 Å². The molecule has 0 spiro atoms. The number of rotatable bonds is 5. The molecule has 0 aromatic carbocycles. The topological polar surface area (TPSA) is 59.1 Å². The Kier molecular flexibility index (Phi) is 3.98. The van der Waals surface area contributed by atoms with Gasteiger partial charge in [-0.25, -0.2) is 4.98 Å². The molecule has 5 heteroatoms. The van der Waals surface area contributed by atoms with Crippen molar-refractivity contribution in [2.75, 3.05) is 37.9 Å². The molecule has 0 radical (unpaired) electrons. The summed E-state index contributed by atoms with van der Waals surface area (Å²) in [6.07, 6.45) is 3.35. The second-order valence-electron chi connectivity index (χ2n) is 2.46. The standard InChI is InChI=1S/C8H14N4O/c1-9-7-5-10-6-8(12-7)11-3-4-13-2/h5-6H,3-4H2,1-2H3,(H2,9,11,12). The zero-order chi connectivity index (χ0) is 9.52. The van der Waals surface area contributed by atoms with E-state index in [4.69, 9.17) is 4.74 Å². The predicted octanol–water partition coefficient (Wildman–Crippen LogP) is 0.577. The third kappa shape index (κ3) is 3.25. The fourth-order valence-electron chi connectivity index (χ4n) is 0.853. The van der Waals surface area contributed by atoms with Crippen LogP contribution in [0.4, 0.5) is 11.6 Å². The first-order valence-corrected chi connectivity index (χ1v) is 4.09. The van der Waals surface area contributed by atoms with Crippen LogP contribution in [-0.2, 0) is 4.74 Å². The van der Waals surface area contributed by atoms with Crippen molar-refractivity contribution in [2.45, 2.75) is 0 Å². The molecule has 2 N–H and O–H groups in total. The SMILES string of the molecule is CNc1cncc(NCCOC)n1. The number of nitrogens with zero attached hydrogens (tertiary/aromatic N) is 2. The zero-order valence-corrected chi connectivity index (χ0v) is 7.87. The van der Waals surface area contributed by atoms with Crippen LogP contribution in [0.25, 0.3) is 0 Å². The van der Waals surface area contributed by atoms with Crippen LogP contribution in [0.5, 0.6) is 0 Å². The van der Waals surface area contributed by atoms with Gasteiger partial charge in [-0.3, -0.25) is 4.98 Å². The number of anilines is 2. The summed E-state index contributed by atoms with van der Waals surface area (Å²) in [6, 6.07) is 0. The van der Waals surface area contributed by atoms with Crippen molar-refractivity contribution in [3.05, 3.63) is 12.4 Å². The van der Waals surface area contributed by atoms with Crippen molar-refractivity contribution in [3.63, 3.8) is 0 Å². The molecule has 5 nitrogen and oxygen atoms in total. The summed E-state index contributed by atoms with van der Waals surface area (Å²) in [5.74, 6) is 1.51. The number of aromatic nitrogens is 2. The smallest absolute Gasteiger partial charge is 0.147 e. The molecule has 72 valence electrons. The lowest BCUT2D eigenvalue weighted by Crippen LogP contribution is -2.09. The van der Waals surface area contributed by atoms with Crippen LogP contribution in [0.3, 0.4) is 0 Å². The van der Waals surface area contributed by atoms with Gasteiger partial charge in [-0.1, -0.05) is 0 Å². The van der Waals surface area contributed by atoms with Crippen LogP contribution in [0.2, 0.25) is 0 Å². The molecule has 1 heterocycles. The highest BCUT2D eigenvalue weighted by atomic mass is 16.5. The van der Waals surface area contributed by atoms with Crippen LogP contribution in [-0.4, -0.2) is 37.3 Å². The van der Waals surface area contributed by atoms with E-state index in [-0.39, 0.29) is 0 Å². The molecule has 0 unspecified atom stereocenters. The fourth-order valence-corrected chi connectivity index (χ4v) is 0.853. The van der Waals surface area contributed by atoms with Crippen LogP contribution < -0.4 is 10.6 Å². The molecule has 1 aromatic heterocycles. The highest BCUT2D eigenvalue weighted by Gasteiger charge is 1.94. The van der Waals surface area contributed by atoms with Gasteiger partial charge < -0.3 is 15.4 Å². The van der Waals surface area contributed by atoms with E-state index in [1.165, 1.54) is 0 Å². The molecule has 0 aliphatic heterocycles. The monoisotopic (exact) mass is 182 g/mol. The summed E-state index contributed by atoms with van der Waals surface area (Å²) in [4.78, 5) is 8.23. The van der Waals surface area contributed by atoms with Crippen molar-refractivity contribution >= 4 is 11.6 Å². The first kappa shape index (κ1) is 9.73. The Balaban J connectivity index is 2.46. The second kappa shape index (κ2) is 5.31. The number of ether oxygens (including phenoxy) is 1. The van der Waals surface area contributed by atoms with Crippen LogP contribution >= 0.6 is 0 Å². The van der Waals surface area contributed by atoms with Gasteiger partial charge in [0.05, 0.1) is 19.0 Å². The van der Waals surface area contributed by atoms with E-state index in [1.807, 2.05) is 7.05 Å². The van der Waals surface area contributed by atoms with Crippen molar-refractivity contribution in [3.8, 4) is 0 Å². The number of hydrogen-bond acceptors (Lipinski definition) is 5. The lowest BCUT2D eigenvalue weighted by Gasteiger charge is -2.05. The van der Waals surface area contributed by atoms with E-state index in [0.29, 0.717) is 6.61 Å². The third-order valence-corrected chi connectivity index (χ3v) is 1.50. The summed E-state index contributed by atoms with van der Waals surface area (Å²) in [5, 5.41) is 5.99. The second-order valence-corrected chi connectivity index (χ2v) is 2.46. The molecule has 13 heavy (non-hydrogen) atoms. The van der Waals surface area contributed by atoms with Crippen molar-refractivity contribution in [1.82, 2.24) is 9.97 Å². The molecular formula is C8H14N4O. The van der Waals surface area contributed by atoms with E-state index in [0.717, 1.165) is 18.2 Å². The third-order valence-electron chi connectivity index (χ3n) is 1.50. The molecule has 1 aromatic rings. The summed E-state index contributed by atoms with van der Waals surface area (Å²) in [5.41, 5.74) is 0. The fraction of sp³-hybridized carbons (Fsp3) is 0.500. The molecule has 0 fully saturated rings. The van der Waals surface area contributed by atoms with Crippen molar-refractivity contribution in [2.24, 2.45) is 0 Å². The largest absolute Gasteiger partial charge is 0.383 e. The van der Waals surface area contributed by atoms with E-state index >= 15 is 0 Å². The maximum atomic E-state index is 4.89. The highest BCUT2D eigenvalue weighted by molar-refractivity contribution is 5.40. The molecule has 0 bridgehead atoms. The van der Waals surface area contributed by atoms with E-state index in [1.54, 1.807) is 19.5 Å². The van der Waals surface area contributed by atoms with Gasteiger partial charge in [0.1, 0.15) is 11.6 Å². The number of methoxy groups -OCH3 is 1. The highest BCUT2D eigenvalue weighted by Crippen LogP contribution is 2.04. The van der Waals surface area contributed by atoms with Gasteiger partial charge in [0, 0.05) is 20.7 Å². The first-order valence-electron chi connectivity index (χ1n) is 4.09. The summed E-state index contributed by atoms with van der Waals surface area (Å²) in [6.45, 7) is 1.39. The summed E-state index contributed by atoms with van der Waals surface area (Å²) >= 11 is 0. The Morgan fingerprint density at radius 2 is 2.15 bits per heavy atom. The number of hydrogen-bond donors (Lipinski definition) is 2. The quantitative estimate of drug-likeness (QED) is 0.652. The lowest BCUT2D eigenvalue weighted by atomic mass is 10.6. The van der Waals surface area contributed by atoms with Gasteiger partial charge in [-0.15, -0.1) is 0 Å². The van der Waals surface area contributed by atoms with Crippen molar-refractivity contribution < 1.29 is 4.74 Å². The normalized spacial score (nSPS) is 9.69. The van der Waals surface area contributed by atoms with Crippen LogP contribution in [0, 0.1) is 0 Å². The minimum Gasteiger partial charge on any atom is -0.383 e. The minimum absolute atomic E-state index is 0.658. The van der Waals surface area contributed by atoms with Gasteiger partial charge in [0.25, 0.3) is 0 Å². The van der Waals surface area contributed by atoms with Gasteiger partial charge in [-0.05, 0) is 0 Å². The molecule has 0 atom stereocenters. The first-order chi connectivity index (χ1) is 6.36. The minimum atomic E-state index is 0.658. The molecule has 1 rings (SSSR count). The Morgan fingerprint density at radius 3 is 2.85 bits per heavy atom. The molecule has 0 aliphatic rings. The Hall–Kier alpha value is -1.36. The lowest BCUT2D eigenvalue weighted by molar-refractivity contribution is 0.210. The van der Waals surface area contributed by atoms with Crippen molar-refractivity contribution in [1.29, 1.82) is 0 Å². The molecular weight excluding hydrogens is 168 g/mol. The van der Waals surface area contributed by atoms with Gasteiger partial charge >= 0.3 is 0 Å². The van der Waals surface area contributed by atoms with E-state index in [9.17, 15) is 0 Å². The molecule has 0 saturated heterocycles. The Bertz CT molecular complexity index is 254. The Morgan fingerprint density at radius 1 is 1.38 bits per heavy atom. The van der Waals surface area contributed by atoms with E-state index < -0.39 is 0 Å². The maximum absolute atomic E-state index is 4.89. The zero-order valence-electron chi connectivity index (χ0n) is 7.87. The molecule has 0 saturated carbocycles. The van der Waals surface area contributed by atoms with E-state index in [2.05, 4.69) is 20.6 Å². The maximum Gasteiger partial charge on any atom is 0.147 e. The predicted molar refractivity (Wildman–Crippen MR) is 51.9 cm³/mol. The number of nitrogens with one attached hydrogen (secondary N) is 2. The summed E-state index contributed by atoms with van der Waals surface area (Å²) in [7, 11) is 3.47. The van der Waals surface area contributed by atoms with Crippen LogP contribution in [0.15, 0.2) is 12.4 Å². The molecule has 0 amide bonds. The average Bonchev–Trinajstić information content (AvgIpc) is 2.19.